The van der Waals surface area contributed by atoms with Crippen molar-refractivity contribution in [1.82, 2.24) is 4.90 Å². The summed E-state index contributed by atoms with van der Waals surface area (Å²) in [5, 5.41) is 0.935. The van der Waals surface area contributed by atoms with Crippen molar-refractivity contribution < 1.29 is 4.79 Å². The summed E-state index contributed by atoms with van der Waals surface area (Å²) in [7, 11) is 0. The highest BCUT2D eigenvalue weighted by molar-refractivity contribution is 9.09. The van der Waals surface area contributed by atoms with Crippen molar-refractivity contribution in [2.24, 2.45) is 0 Å². The molecule has 0 N–H and O–H groups in total. The van der Waals surface area contributed by atoms with Crippen LogP contribution in [0.2, 0.25) is 0 Å². The third kappa shape index (κ3) is 3.26. The fourth-order valence-corrected chi connectivity index (χ4v) is 2.63. The van der Waals surface area contributed by atoms with E-state index in [-0.39, 0.29) is 0 Å². The molecule has 0 spiro atoms. The highest BCUT2D eigenvalue weighted by atomic mass is 79.9. The summed E-state index contributed by atoms with van der Waals surface area (Å²) in [5.74, 6) is 0.357. The maximum atomic E-state index is 11.8. The number of carbonyl (C=O) groups is 1. The van der Waals surface area contributed by atoms with Crippen LogP contribution in [-0.2, 0) is 4.79 Å². The number of hydrogen-bond donors (Lipinski definition) is 0. The number of halogens is 1. The molecule has 0 saturated carbocycles. The van der Waals surface area contributed by atoms with Gasteiger partial charge in [0.25, 0.3) is 0 Å². The Morgan fingerprint density at radius 2 is 2.29 bits per heavy atom. The summed E-state index contributed by atoms with van der Waals surface area (Å²) in [4.78, 5) is 13.9. The molecule has 1 fully saturated rings. The summed E-state index contributed by atoms with van der Waals surface area (Å²) < 4.78 is 0. The van der Waals surface area contributed by atoms with Crippen LogP contribution in [0.5, 0.6) is 0 Å². The standard InChI is InChI=1S/C11H20BrNO/c1-2-3-7-11(14)13-8-5-4-6-10(13)9-12/h10H,2-9H2,1H3. The molecule has 1 unspecified atom stereocenters. The van der Waals surface area contributed by atoms with Gasteiger partial charge < -0.3 is 4.90 Å². The first kappa shape index (κ1) is 12.0. The van der Waals surface area contributed by atoms with Crippen molar-refractivity contribution in [3.05, 3.63) is 0 Å². The molecule has 14 heavy (non-hydrogen) atoms. The molecule has 3 heteroatoms. The van der Waals surface area contributed by atoms with Crippen molar-refractivity contribution in [1.29, 1.82) is 0 Å². The second-order valence-electron chi connectivity index (χ2n) is 3.99. The van der Waals surface area contributed by atoms with Crippen molar-refractivity contribution in [3.63, 3.8) is 0 Å². The SMILES string of the molecule is CCCCC(=O)N1CCCCC1CBr. The zero-order valence-electron chi connectivity index (χ0n) is 8.97. The Labute approximate surface area is 95.2 Å². The molecular formula is C11H20BrNO. The van der Waals surface area contributed by atoms with Crippen LogP contribution in [0.25, 0.3) is 0 Å². The number of nitrogens with zero attached hydrogens (tertiary/aromatic N) is 1. The smallest absolute Gasteiger partial charge is 0.222 e. The van der Waals surface area contributed by atoms with Crippen LogP contribution in [-0.4, -0.2) is 28.7 Å². The lowest BCUT2D eigenvalue weighted by atomic mass is 10.0. The second-order valence-corrected chi connectivity index (χ2v) is 4.64. The Kier molecular flexibility index (Phi) is 5.53. The Hall–Kier alpha value is -0.0500. The second kappa shape index (κ2) is 6.44. The van der Waals surface area contributed by atoms with E-state index in [0.29, 0.717) is 11.9 Å². The van der Waals surface area contributed by atoms with Gasteiger partial charge in [0.05, 0.1) is 0 Å². The number of unbranched alkanes of at least 4 members (excludes halogenated alkanes) is 1. The largest absolute Gasteiger partial charge is 0.339 e. The van der Waals surface area contributed by atoms with Crippen LogP contribution >= 0.6 is 15.9 Å². The van der Waals surface area contributed by atoms with E-state index in [1.54, 1.807) is 0 Å². The van der Waals surface area contributed by atoms with Gasteiger partial charge in [-0.1, -0.05) is 29.3 Å². The normalized spacial score (nSPS) is 22.4. The quantitative estimate of drug-likeness (QED) is 0.713. The maximum Gasteiger partial charge on any atom is 0.222 e. The van der Waals surface area contributed by atoms with Gasteiger partial charge in [-0.15, -0.1) is 0 Å². The van der Waals surface area contributed by atoms with E-state index in [9.17, 15) is 4.79 Å². The number of amides is 1. The molecule has 1 heterocycles. The van der Waals surface area contributed by atoms with Gasteiger partial charge in [-0.3, -0.25) is 4.79 Å². The molecule has 0 aliphatic carbocycles. The Balaban J connectivity index is 2.41. The van der Waals surface area contributed by atoms with Gasteiger partial charge in [0, 0.05) is 24.3 Å². The number of piperidine rings is 1. The van der Waals surface area contributed by atoms with E-state index >= 15 is 0 Å². The number of likely N-dealkylation sites (tertiary alicyclic amines) is 1. The summed E-state index contributed by atoms with van der Waals surface area (Å²) in [6, 6.07) is 0.452. The first-order valence-corrected chi connectivity index (χ1v) is 6.77. The highest BCUT2D eigenvalue weighted by Gasteiger charge is 2.24. The molecule has 1 amide bonds. The fourth-order valence-electron chi connectivity index (χ4n) is 1.96. The van der Waals surface area contributed by atoms with Gasteiger partial charge in [0.1, 0.15) is 0 Å². The predicted molar refractivity (Wildman–Crippen MR) is 62.7 cm³/mol. The average Bonchev–Trinajstić information content (AvgIpc) is 2.25. The van der Waals surface area contributed by atoms with Crippen molar-refractivity contribution in [2.45, 2.75) is 51.5 Å². The molecule has 0 aromatic rings. The monoisotopic (exact) mass is 261 g/mol. The predicted octanol–water partition coefficient (Wildman–Crippen LogP) is 2.95. The van der Waals surface area contributed by atoms with E-state index < -0.39 is 0 Å². The van der Waals surface area contributed by atoms with E-state index in [2.05, 4.69) is 27.8 Å². The summed E-state index contributed by atoms with van der Waals surface area (Å²) in [6.07, 6.45) is 6.50. The van der Waals surface area contributed by atoms with Gasteiger partial charge in [-0.2, -0.15) is 0 Å². The lowest BCUT2D eigenvalue weighted by molar-refractivity contribution is -0.134. The van der Waals surface area contributed by atoms with Gasteiger partial charge in [-0.05, 0) is 25.7 Å². The average molecular weight is 262 g/mol. The Morgan fingerprint density at radius 1 is 1.50 bits per heavy atom. The lowest BCUT2D eigenvalue weighted by Crippen LogP contribution is -2.44. The van der Waals surface area contributed by atoms with Gasteiger partial charge >= 0.3 is 0 Å². The van der Waals surface area contributed by atoms with Crippen LogP contribution in [0.1, 0.15) is 45.4 Å². The topological polar surface area (TPSA) is 20.3 Å². The minimum atomic E-state index is 0.357. The molecule has 1 atom stereocenters. The summed E-state index contributed by atoms with van der Waals surface area (Å²) >= 11 is 3.49. The van der Waals surface area contributed by atoms with E-state index in [4.69, 9.17) is 0 Å². The van der Waals surface area contributed by atoms with Crippen LogP contribution in [0.15, 0.2) is 0 Å². The van der Waals surface area contributed by atoms with Crippen LogP contribution in [0, 0.1) is 0 Å². The van der Waals surface area contributed by atoms with Gasteiger partial charge in [-0.25, -0.2) is 0 Å². The van der Waals surface area contributed by atoms with Crippen molar-refractivity contribution in [3.8, 4) is 0 Å². The maximum absolute atomic E-state index is 11.8. The lowest BCUT2D eigenvalue weighted by Gasteiger charge is -2.34. The summed E-state index contributed by atoms with van der Waals surface area (Å²) in [5.41, 5.74) is 0. The highest BCUT2D eigenvalue weighted by Crippen LogP contribution is 2.19. The molecule has 0 aromatic heterocycles. The Bertz CT molecular complexity index is 184. The molecule has 1 rings (SSSR count). The van der Waals surface area contributed by atoms with Crippen LogP contribution in [0.4, 0.5) is 0 Å². The molecule has 1 saturated heterocycles. The van der Waals surface area contributed by atoms with Crippen LogP contribution in [0.3, 0.4) is 0 Å². The van der Waals surface area contributed by atoms with Gasteiger partial charge in [0.15, 0.2) is 0 Å². The molecule has 82 valence electrons. The molecule has 0 bridgehead atoms. The van der Waals surface area contributed by atoms with Crippen LogP contribution < -0.4 is 0 Å². The molecule has 1 aliphatic heterocycles. The van der Waals surface area contributed by atoms with Gasteiger partial charge in [0.2, 0.25) is 5.91 Å². The number of rotatable bonds is 4. The number of hydrogen-bond acceptors (Lipinski definition) is 1. The number of alkyl halides is 1. The van der Waals surface area contributed by atoms with Crippen molar-refractivity contribution >= 4 is 21.8 Å². The zero-order chi connectivity index (χ0) is 10.4. The molecule has 0 aromatic carbocycles. The van der Waals surface area contributed by atoms with E-state index in [1.165, 1.54) is 19.3 Å². The first-order chi connectivity index (χ1) is 6.79. The minimum Gasteiger partial charge on any atom is -0.339 e. The number of carbonyl (C=O) groups excluding carboxylic acids is 1. The van der Waals surface area contributed by atoms with E-state index in [0.717, 1.165) is 31.1 Å². The molecule has 2 nitrogen and oxygen atoms in total. The molecular weight excluding hydrogens is 242 g/mol. The third-order valence-corrected chi connectivity index (χ3v) is 3.62. The molecule has 1 aliphatic rings. The van der Waals surface area contributed by atoms with E-state index in [1.807, 2.05) is 0 Å². The fraction of sp³-hybridized carbons (Fsp3) is 0.909. The minimum absolute atomic E-state index is 0.357. The first-order valence-electron chi connectivity index (χ1n) is 5.65. The molecule has 0 radical (unpaired) electrons. The van der Waals surface area contributed by atoms with Crippen molar-refractivity contribution in [2.75, 3.05) is 11.9 Å². The zero-order valence-corrected chi connectivity index (χ0v) is 10.6. The summed E-state index contributed by atoms with van der Waals surface area (Å²) in [6.45, 7) is 3.10. The third-order valence-electron chi connectivity index (χ3n) is 2.87. The Morgan fingerprint density at radius 3 is 2.93 bits per heavy atom.